The lowest BCUT2D eigenvalue weighted by Crippen LogP contribution is -2.45. The lowest BCUT2D eigenvalue weighted by Gasteiger charge is -2.34. The Kier molecular flexibility index (Phi) is 6.46. The number of carbonyl (C=O) groups is 1. The van der Waals surface area contributed by atoms with Crippen molar-refractivity contribution in [3.8, 4) is 0 Å². The van der Waals surface area contributed by atoms with Crippen molar-refractivity contribution in [2.24, 2.45) is 11.8 Å². The van der Waals surface area contributed by atoms with E-state index in [1.165, 1.54) is 56.4 Å². The molecule has 5 nitrogen and oxygen atoms in total. The van der Waals surface area contributed by atoms with Crippen molar-refractivity contribution in [1.29, 1.82) is 0 Å². The van der Waals surface area contributed by atoms with Crippen molar-refractivity contribution in [2.75, 3.05) is 13.1 Å². The lowest BCUT2D eigenvalue weighted by atomic mass is 9.81. The van der Waals surface area contributed by atoms with E-state index in [2.05, 4.69) is 20.6 Å². The number of amides is 1. The summed E-state index contributed by atoms with van der Waals surface area (Å²) >= 11 is 1.75. The Balaban J connectivity index is 1.25. The van der Waals surface area contributed by atoms with E-state index in [0.29, 0.717) is 17.9 Å². The zero-order valence-corrected chi connectivity index (χ0v) is 17.0. The Bertz CT molecular complexity index is 603. The molecule has 1 aromatic heterocycles. The third-order valence-electron chi connectivity index (χ3n) is 6.93. The van der Waals surface area contributed by atoms with Gasteiger partial charge in [0.15, 0.2) is 0 Å². The van der Waals surface area contributed by atoms with E-state index in [4.69, 9.17) is 0 Å². The van der Waals surface area contributed by atoms with Crippen LogP contribution >= 0.6 is 11.3 Å². The van der Waals surface area contributed by atoms with Gasteiger partial charge in [-0.1, -0.05) is 25.7 Å². The van der Waals surface area contributed by atoms with E-state index in [0.717, 1.165) is 25.9 Å². The second-order valence-electron chi connectivity index (χ2n) is 8.68. The predicted molar refractivity (Wildman–Crippen MR) is 108 cm³/mol. The van der Waals surface area contributed by atoms with Crippen molar-refractivity contribution < 1.29 is 9.90 Å². The van der Waals surface area contributed by atoms with Crippen molar-refractivity contribution in [1.82, 2.24) is 15.2 Å². The van der Waals surface area contributed by atoms with Crippen LogP contribution in [-0.2, 0) is 4.79 Å². The maximum absolute atomic E-state index is 12.7. The smallest absolute Gasteiger partial charge is 0.227 e. The molecule has 2 aliphatic carbocycles. The number of nitrogens with zero attached hydrogens (tertiary/aromatic N) is 2. The molecule has 1 aromatic rings. The molecule has 4 rings (SSSR count). The fourth-order valence-electron chi connectivity index (χ4n) is 5.39. The molecule has 27 heavy (non-hydrogen) atoms. The summed E-state index contributed by atoms with van der Waals surface area (Å²) in [5.74, 6) is 0.881. The summed E-state index contributed by atoms with van der Waals surface area (Å²) in [6.07, 6.45) is 13.0. The molecule has 2 N–H and O–H groups in total. The minimum Gasteiger partial charge on any atom is -0.378 e. The topological polar surface area (TPSA) is 65.5 Å². The highest BCUT2D eigenvalue weighted by molar-refractivity contribution is 7.09. The number of hydrogen-bond acceptors (Lipinski definition) is 5. The summed E-state index contributed by atoms with van der Waals surface area (Å²) in [6.45, 7) is 1.60. The molecule has 1 saturated heterocycles. The number of thiazole rings is 1. The number of rotatable bonds is 5. The quantitative estimate of drug-likeness (QED) is 0.806. The summed E-state index contributed by atoms with van der Waals surface area (Å²) < 4.78 is 0. The molecule has 0 radical (unpaired) electrons. The molecule has 4 unspecified atom stereocenters. The van der Waals surface area contributed by atoms with Gasteiger partial charge in [0.05, 0.1) is 10.9 Å². The Morgan fingerprint density at radius 3 is 2.81 bits per heavy atom. The van der Waals surface area contributed by atoms with Crippen LogP contribution in [0.1, 0.15) is 75.1 Å². The molecule has 6 heteroatoms. The molecule has 0 spiro atoms. The lowest BCUT2D eigenvalue weighted by molar-refractivity contribution is -0.131. The molecule has 150 valence electrons. The number of likely N-dealkylation sites (tertiary alicyclic amines) is 1. The Labute approximate surface area is 166 Å². The molecule has 2 saturated carbocycles. The van der Waals surface area contributed by atoms with Gasteiger partial charge in [0, 0.05) is 36.6 Å². The van der Waals surface area contributed by atoms with E-state index in [1.807, 2.05) is 6.20 Å². The van der Waals surface area contributed by atoms with Crippen molar-refractivity contribution >= 4 is 17.2 Å². The van der Waals surface area contributed by atoms with E-state index in [9.17, 15) is 9.90 Å². The average molecular weight is 392 g/mol. The number of aliphatic hydroxyl groups excluding tert-OH is 1. The first-order valence-corrected chi connectivity index (χ1v) is 11.7. The SMILES string of the molecule is O=C(NCC1CCCC(c2nccs2)C1)C1CCN(C2CCCCC2)C1O. The van der Waals surface area contributed by atoms with Crippen LogP contribution in [0.25, 0.3) is 0 Å². The molecule has 3 fully saturated rings. The number of carbonyl (C=O) groups excluding carboxylic acids is 1. The third-order valence-corrected chi connectivity index (χ3v) is 7.86. The summed E-state index contributed by atoms with van der Waals surface area (Å²) in [7, 11) is 0. The van der Waals surface area contributed by atoms with Crippen LogP contribution in [-0.4, -0.2) is 46.3 Å². The number of nitrogens with one attached hydrogen (secondary N) is 1. The van der Waals surface area contributed by atoms with Gasteiger partial charge < -0.3 is 10.4 Å². The van der Waals surface area contributed by atoms with E-state index < -0.39 is 6.23 Å². The maximum atomic E-state index is 12.7. The monoisotopic (exact) mass is 391 g/mol. The zero-order chi connectivity index (χ0) is 18.6. The fourth-order valence-corrected chi connectivity index (χ4v) is 6.18. The Morgan fingerprint density at radius 2 is 2.04 bits per heavy atom. The van der Waals surface area contributed by atoms with Gasteiger partial charge in [-0.15, -0.1) is 11.3 Å². The van der Waals surface area contributed by atoms with Gasteiger partial charge in [0.25, 0.3) is 0 Å². The molecule has 1 amide bonds. The van der Waals surface area contributed by atoms with Crippen LogP contribution in [0.15, 0.2) is 11.6 Å². The second-order valence-corrected chi connectivity index (χ2v) is 9.61. The summed E-state index contributed by atoms with van der Waals surface area (Å²) in [6, 6.07) is 0.476. The molecule has 3 aliphatic rings. The first-order chi connectivity index (χ1) is 13.2. The van der Waals surface area contributed by atoms with Crippen molar-refractivity contribution in [3.05, 3.63) is 16.6 Å². The molecule has 1 aliphatic heterocycles. The van der Waals surface area contributed by atoms with Crippen LogP contribution < -0.4 is 5.32 Å². The molecule has 0 aromatic carbocycles. The van der Waals surface area contributed by atoms with Crippen LogP contribution in [0.4, 0.5) is 0 Å². The van der Waals surface area contributed by atoms with Crippen molar-refractivity contribution in [3.63, 3.8) is 0 Å². The summed E-state index contributed by atoms with van der Waals surface area (Å²) in [5.41, 5.74) is 0. The standard InChI is InChI=1S/C21H33N3O2S/c25-19(18-9-11-24(21(18)26)17-7-2-1-3-8-17)23-14-15-5-4-6-16(13-15)20-22-10-12-27-20/h10,12,15-18,21,26H,1-9,11,13-14H2,(H,23,25). The Hall–Kier alpha value is -0.980. The van der Waals surface area contributed by atoms with Gasteiger partial charge in [-0.3, -0.25) is 9.69 Å². The number of hydrogen-bond donors (Lipinski definition) is 2. The van der Waals surface area contributed by atoms with E-state index in [1.54, 1.807) is 11.3 Å². The van der Waals surface area contributed by atoms with Gasteiger partial charge >= 0.3 is 0 Å². The highest BCUT2D eigenvalue weighted by Gasteiger charge is 2.40. The van der Waals surface area contributed by atoms with Gasteiger partial charge in [-0.2, -0.15) is 0 Å². The minimum absolute atomic E-state index is 0.0529. The number of aliphatic hydroxyl groups is 1. The summed E-state index contributed by atoms with van der Waals surface area (Å²) in [4.78, 5) is 19.4. The van der Waals surface area contributed by atoms with E-state index in [-0.39, 0.29) is 11.8 Å². The summed E-state index contributed by atoms with van der Waals surface area (Å²) in [5, 5.41) is 17.2. The first kappa shape index (κ1) is 19.3. The third kappa shape index (κ3) is 4.54. The van der Waals surface area contributed by atoms with Crippen LogP contribution in [0, 0.1) is 11.8 Å². The fraction of sp³-hybridized carbons (Fsp3) is 0.810. The van der Waals surface area contributed by atoms with Crippen molar-refractivity contribution in [2.45, 2.75) is 82.4 Å². The maximum Gasteiger partial charge on any atom is 0.227 e. The normalized spacial score (nSPS) is 33.2. The predicted octanol–water partition coefficient (Wildman–Crippen LogP) is 3.51. The molecule has 4 atom stereocenters. The molecular weight excluding hydrogens is 358 g/mol. The molecule has 0 bridgehead atoms. The average Bonchev–Trinajstić information content (AvgIpc) is 3.37. The minimum atomic E-state index is -0.595. The van der Waals surface area contributed by atoms with Gasteiger partial charge in [-0.05, 0) is 44.4 Å². The van der Waals surface area contributed by atoms with Crippen LogP contribution in [0.5, 0.6) is 0 Å². The number of aromatic nitrogens is 1. The first-order valence-electron chi connectivity index (χ1n) is 10.8. The van der Waals surface area contributed by atoms with Crippen LogP contribution in [0.2, 0.25) is 0 Å². The van der Waals surface area contributed by atoms with Gasteiger partial charge in [-0.25, -0.2) is 4.98 Å². The van der Waals surface area contributed by atoms with Crippen LogP contribution in [0.3, 0.4) is 0 Å². The zero-order valence-electron chi connectivity index (χ0n) is 16.2. The largest absolute Gasteiger partial charge is 0.378 e. The highest BCUT2D eigenvalue weighted by Crippen LogP contribution is 2.37. The van der Waals surface area contributed by atoms with E-state index >= 15 is 0 Å². The second kappa shape index (κ2) is 9.01. The van der Waals surface area contributed by atoms with Gasteiger partial charge in [0.1, 0.15) is 6.23 Å². The van der Waals surface area contributed by atoms with Gasteiger partial charge in [0.2, 0.25) is 5.91 Å². The Morgan fingerprint density at radius 1 is 1.19 bits per heavy atom. The highest BCUT2D eigenvalue weighted by atomic mass is 32.1. The molecule has 2 heterocycles. The molecular formula is C21H33N3O2S.